The van der Waals surface area contributed by atoms with Crippen LogP contribution in [0.4, 0.5) is 0 Å². The van der Waals surface area contributed by atoms with E-state index in [9.17, 15) is 14.4 Å². The summed E-state index contributed by atoms with van der Waals surface area (Å²) in [6.07, 6.45) is 0.596. The molecule has 0 spiro atoms. The molecular formula is C26H33N3O5. The van der Waals surface area contributed by atoms with E-state index in [4.69, 9.17) is 9.47 Å². The zero-order valence-electron chi connectivity index (χ0n) is 20.1. The number of benzene rings is 2. The van der Waals surface area contributed by atoms with Crippen molar-refractivity contribution in [1.29, 1.82) is 0 Å². The number of ketones is 1. The summed E-state index contributed by atoms with van der Waals surface area (Å²) < 4.78 is 10.6. The van der Waals surface area contributed by atoms with Crippen molar-refractivity contribution in [1.82, 2.24) is 16.0 Å². The average Bonchev–Trinajstić information content (AvgIpc) is 3.61. The number of Topliss-reactive ketones (excluding diaryl/α,β-unsaturated/α-hetero) is 1. The molecule has 8 heteroatoms. The molecule has 0 saturated carbocycles. The quantitative estimate of drug-likeness (QED) is 0.408. The van der Waals surface area contributed by atoms with Crippen LogP contribution in [0.3, 0.4) is 0 Å². The largest absolute Gasteiger partial charge is 0.497 e. The van der Waals surface area contributed by atoms with Crippen LogP contribution in [0.15, 0.2) is 54.6 Å². The van der Waals surface area contributed by atoms with Crippen LogP contribution >= 0.6 is 0 Å². The summed E-state index contributed by atoms with van der Waals surface area (Å²) in [5, 5.41) is 8.59. The molecule has 4 atom stereocenters. The van der Waals surface area contributed by atoms with Crippen LogP contribution < -0.4 is 20.7 Å². The molecule has 0 radical (unpaired) electrons. The number of ether oxygens (including phenoxy) is 2. The van der Waals surface area contributed by atoms with Gasteiger partial charge in [0.1, 0.15) is 17.4 Å². The maximum absolute atomic E-state index is 13.4. The number of methoxy groups -OCH3 is 1. The first-order chi connectivity index (χ1) is 16.3. The number of epoxide rings is 1. The lowest BCUT2D eigenvalue weighted by Gasteiger charge is -2.25. The first-order valence-electron chi connectivity index (χ1n) is 11.4. The number of amides is 2. The van der Waals surface area contributed by atoms with Crippen LogP contribution in [0, 0.1) is 0 Å². The Labute approximate surface area is 200 Å². The molecule has 1 aliphatic heterocycles. The van der Waals surface area contributed by atoms with Crippen LogP contribution in [0.1, 0.15) is 25.0 Å². The van der Waals surface area contributed by atoms with Crippen molar-refractivity contribution in [2.45, 2.75) is 50.4 Å². The highest BCUT2D eigenvalue weighted by Crippen LogP contribution is 2.29. The highest BCUT2D eigenvalue weighted by molar-refractivity contribution is 5.98. The maximum atomic E-state index is 13.4. The Bertz CT molecular complexity index is 989. The summed E-state index contributed by atoms with van der Waals surface area (Å²) in [4.78, 5) is 39.1. The van der Waals surface area contributed by atoms with Crippen molar-refractivity contribution in [2.75, 3.05) is 20.8 Å². The number of nitrogens with one attached hydrogen (secondary N) is 3. The monoisotopic (exact) mass is 467 g/mol. The van der Waals surface area contributed by atoms with E-state index in [0.717, 1.165) is 11.1 Å². The van der Waals surface area contributed by atoms with E-state index in [-0.39, 0.29) is 18.1 Å². The third kappa shape index (κ3) is 6.65. The predicted molar refractivity (Wildman–Crippen MR) is 129 cm³/mol. The van der Waals surface area contributed by atoms with Gasteiger partial charge in [-0.2, -0.15) is 0 Å². The molecule has 182 valence electrons. The molecule has 2 aromatic rings. The van der Waals surface area contributed by atoms with Crippen LogP contribution in [0.2, 0.25) is 0 Å². The van der Waals surface area contributed by atoms with Gasteiger partial charge in [-0.25, -0.2) is 0 Å². The highest BCUT2D eigenvalue weighted by Gasteiger charge is 2.50. The fourth-order valence-corrected chi connectivity index (χ4v) is 3.58. The Kier molecular flexibility index (Phi) is 8.41. The Morgan fingerprint density at radius 2 is 1.50 bits per heavy atom. The van der Waals surface area contributed by atoms with Crippen LogP contribution in [-0.4, -0.2) is 62.1 Å². The third-order valence-corrected chi connectivity index (χ3v) is 6.07. The van der Waals surface area contributed by atoms with Gasteiger partial charge in [0.25, 0.3) is 0 Å². The highest BCUT2D eigenvalue weighted by atomic mass is 16.6. The van der Waals surface area contributed by atoms with Crippen molar-refractivity contribution in [3.8, 4) is 5.75 Å². The first-order valence-corrected chi connectivity index (χ1v) is 11.4. The minimum absolute atomic E-state index is 0.178. The summed E-state index contributed by atoms with van der Waals surface area (Å²) in [7, 11) is 3.26. The first kappa shape index (κ1) is 25.4. The molecule has 3 rings (SSSR count). The molecule has 2 aromatic carbocycles. The minimum Gasteiger partial charge on any atom is -0.497 e. The van der Waals surface area contributed by atoms with E-state index >= 15 is 0 Å². The molecule has 4 unspecified atom stereocenters. The van der Waals surface area contributed by atoms with E-state index < -0.39 is 29.6 Å². The van der Waals surface area contributed by atoms with Gasteiger partial charge in [0, 0.05) is 6.42 Å². The number of likely N-dealkylation sites (N-methyl/N-ethyl adjacent to an activating group) is 1. The van der Waals surface area contributed by atoms with Gasteiger partial charge in [0.2, 0.25) is 11.8 Å². The Morgan fingerprint density at radius 3 is 2.06 bits per heavy atom. The van der Waals surface area contributed by atoms with Gasteiger partial charge >= 0.3 is 0 Å². The van der Waals surface area contributed by atoms with Crippen LogP contribution in [0.25, 0.3) is 0 Å². The fourth-order valence-electron chi connectivity index (χ4n) is 3.58. The number of hydrogen-bond acceptors (Lipinski definition) is 6. The van der Waals surface area contributed by atoms with Gasteiger partial charge in [0.15, 0.2) is 5.78 Å². The number of hydrogen-bond donors (Lipinski definition) is 3. The van der Waals surface area contributed by atoms with E-state index in [1.165, 1.54) is 0 Å². The molecule has 1 heterocycles. The molecule has 8 nitrogen and oxygen atoms in total. The van der Waals surface area contributed by atoms with Gasteiger partial charge in [0.05, 0.1) is 25.8 Å². The summed E-state index contributed by atoms with van der Waals surface area (Å²) in [6.45, 7) is 3.77. The molecule has 34 heavy (non-hydrogen) atoms. The van der Waals surface area contributed by atoms with Gasteiger partial charge in [-0.05, 0) is 50.6 Å². The number of carbonyl (C=O) groups is 3. The molecule has 1 aliphatic rings. The van der Waals surface area contributed by atoms with Gasteiger partial charge in [-0.15, -0.1) is 0 Å². The second kappa shape index (κ2) is 11.3. The van der Waals surface area contributed by atoms with Crippen molar-refractivity contribution in [3.63, 3.8) is 0 Å². The smallest absolute Gasteiger partial charge is 0.243 e. The van der Waals surface area contributed by atoms with E-state index in [0.29, 0.717) is 18.8 Å². The van der Waals surface area contributed by atoms with Crippen molar-refractivity contribution < 1.29 is 23.9 Å². The summed E-state index contributed by atoms with van der Waals surface area (Å²) in [5.74, 6) is -0.211. The van der Waals surface area contributed by atoms with Gasteiger partial charge in [-0.3, -0.25) is 14.4 Å². The second-order valence-corrected chi connectivity index (χ2v) is 8.76. The van der Waals surface area contributed by atoms with Gasteiger partial charge in [-0.1, -0.05) is 42.5 Å². The van der Waals surface area contributed by atoms with Gasteiger partial charge < -0.3 is 25.4 Å². The topological polar surface area (TPSA) is 109 Å². The predicted octanol–water partition coefficient (Wildman–Crippen LogP) is 1.42. The molecule has 0 aliphatic carbocycles. The molecular weight excluding hydrogens is 434 g/mol. The Hall–Kier alpha value is -3.23. The fraction of sp³-hybridized carbons (Fsp3) is 0.423. The second-order valence-electron chi connectivity index (χ2n) is 8.76. The average molecular weight is 468 g/mol. The summed E-state index contributed by atoms with van der Waals surface area (Å²) in [5.41, 5.74) is 0.883. The molecule has 0 aromatic heterocycles. The molecule has 2 amide bonds. The zero-order valence-corrected chi connectivity index (χ0v) is 20.1. The van der Waals surface area contributed by atoms with E-state index in [1.807, 2.05) is 42.5 Å². The lowest BCUT2D eigenvalue weighted by atomic mass is 9.94. The van der Waals surface area contributed by atoms with Crippen LogP contribution in [-0.2, 0) is 32.0 Å². The SMILES string of the molecule is CNC(C)C(=O)NC(Cc1ccc(OC)cc1)C(=O)NC(Cc1ccccc1)C(=O)C1(C)CO1. The maximum Gasteiger partial charge on any atom is 0.243 e. The van der Waals surface area contributed by atoms with Crippen molar-refractivity contribution in [3.05, 3.63) is 65.7 Å². The van der Waals surface area contributed by atoms with E-state index in [1.54, 1.807) is 40.1 Å². The summed E-state index contributed by atoms with van der Waals surface area (Å²) >= 11 is 0. The Balaban J connectivity index is 1.80. The third-order valence-electron chi connectivity index (χ3n) is 6.07. The molecule has 1 saturated heterocycles. The zero-order chi connectivity index (χ0) is 24.7. The lowest BCUT2D eigenvalue weighted by molar-refractivity contribution is -0.133. The van der Waals surface area contributed by atoms with E-state index in [2.05, 4.69) is 16.0 Å². The lowest BCUT2D eigenvalue weighted by Crippen LogP contribution is -2.56. The van der Waals surface area contributed by atoms with Crippen LogP contribution in [0.5, 0.6) is 5.75 Å². The molecule has 0 bridgehead atoms. The van der Waals surface area contributed by atoms with Crippen molar-refractivity contribution in [2.24, 2.45) is 0 Å². The normalized spacial score (nSPS) is 19.4. The van der Waals surface area contributed by atoms with Crippen molar-refractivity contribution >= 4 is 17.6 Å². The Morgan fingerprint density at radius 1 is 0.941 bits per heavy atom. The molecule has 1 fully saturated rings. The number of rotatable bonds is 12. The standard InChI is InChI=1S/C26H33N3O5/c1-17(27-3)24(31)29-22(15-19-10-12-20(33-4)13-11-19)25(32)28-21(23(30)26(2)16-34-26)14-18-8-6-5-7-9-18/h5-13,17,21-22,27H,14-16H2,1-4H3,(H,28,32)(H,29,31). The minimum atomic E-state index is -0.887. The summed E-state index contributed by atoms with van der Waals surface area (Å²) in [6, 6.07) is 14.7. The molecule has 3 N–H and O–H groups in total. The number of carbonyl (C=O) groups excluding carboxylic acids is 3.